The first-order valence-corrected chi connectivity index (χ1v) is 22.0. The van der Waals surface area contributed by atoms with Gasteiger partial charge in [0.1, 0.15) is 0 Å². The van der Waals surface area contributed by atoms with Gasteiger partial charge >= 0.3 is 23.9 Å². The summed E-state index contributed by atoms with van der Waals surface area (Å²) in [6, 6.07) is 7.52. The monoisotopic (exact) mass is 759 g/mol. The van der Waals surface area contributed by atoms with Crippen LogP contribution in [0.2, 0.25) is 0 Å². The Morgan fingerprint density at radius 3 is 0.926 bits per heavy atom. The van der Waals surface area contributed by atoms with E-state index < -0.39 is 34.7 Å². The molecule has 8 heteroatoms. The predicted octanol–water partition coefficient (Wildman–Crippen LogP) is 11.6. The second-order valence-corrected chi connectivity index (χ2v) is 15.1. The number of carbonyl (C=O) groups is 4. The molecule has 8 nitrogen and oxygen atoms in total. The van der Waals surface area contributed by atoms with Crippen molar-refractivity contribution in [2.24, 2.45) is 10.8 Å². The van der Waals surface area contributed by atoms with E-state index in [-0.39, 0.29) is 39.3 Å². The highest BCUT2D eigenvalue weighted by molar-refractivity contribution is 6.01. The molecular weight excluding hydrogens is 680 g/mol. The van der Waals surface area contributed by atoms with Gasteiger partial charge in [0.25, 0.3) is 0 Å². The summed E-state index contributed by atoms with van der Waals surface area (Å²) in [5.41, 5.74) is -1.53. The van der Waals surface area contributed by atoms with Crippen molar-refractivity contribution in [3.05, 3.63) is 35.4 Å². The van der Waals surface area contributed by atoms with Gasteiger partial charge in [0.05, 0.1) is 26.4 Å². The Morgan fingerprint density at radius 1 is 0.407 bits per heavy atom. The van der Waals surface area contributed by atoms with Crippen molar-refractivity contribution in [1.29, 1.82) is 0 Å². The second kappa shape index (κ2) is 30.3. The van der Waals surface area contributed by atoms with Crippen molar-refractivity contribution in [2.45, 2.75) is 196 Å². The number of carbonyl (C=O) groups excluding carboxylic acids is 4. The van der Waals surface area contributed by atoms with Crippen LogP contribution in [0.4, 0.5) is 0 Å². The van der Waals surface area contributed by atoms with Crippen molar-refractivity contribution < 1.29 is 38.1 Å². The normalized spacial score (nSPS) is 11.7. The molecule has 0 aromatic heterocycles. The van der Waals surface area contributed by atoms with Gasteiger partial charge in [0.15, 0.2) is 10.8 Å². The van der Waals surface area contributed by atoms with E-state index in [2.05, 4.69) is 13.8 Å². The van der Waals surface area contributed by atoms with Gasteiger partial charge in [-0.1, -0.05) is 167 Å². The van der Waals surface area contributed by atoms with Gasteiger partial charge in [-0.2, -0.15) is 0 Å². The molecule has 0 N–H and O–H groups in total. The van der Waals surface area contributed by atoms with E-state index in [9.17, 15) is 19.2 Å². The number of rotatable bonds is 34. The fourth-order valence-electron chi connectivity index (χ4n) is 7.49. The first kappa shape index (κ1) is 49.1. The van der Waals surface area contributed by atoms with Crippen molar-refractivity contribution in [2.75, 3.05) is 26.4 Å². The molecule has 310 valence electrons. The van der Waals surface area contributed by atoms with Gasteiger partial charge in [-0.3, -0.25) is 19.2 Å². The first-order chi connectivity index (χ1) is 26.2. The number of ether oxygens (including phenoxy) is 4. The molecule has 0 spiro atoms. The van der Waals surface area contributed by atoms with Gasteiger partial charge < -0.3 is 18.9 Å². The molecule has 1 aromatic carbocycles. The van der Waals surface area contributed by atoms with Gasteiger partial charge in [-0.15, -0.1) is 0 Å². The van der Waals surface area contributed by atoms with E-state index >= 15 is 0 Å². The topological polar surface area (TPSA) is 105 Å². The third-order valence-electron chi connectivity index (χ3n) is 10.6. The van der Waals surface area contributed by atoms with Crippen LogP contribution < -0.4 is 0 Å². The van der Waals surface area contributed by atoms with Crippen LogP contribution in [0.15, 0.2) is 24.3 Å². The molecule has 0 unspecified atom stereocenters. The zero-order valence-corrected chi connectivity index (χ0v) is 35.4. The fourth-order valence-corrected chi connectivity index (χ4v) is 7.49. The zero-order chi connectivity index (χ0) is 39.9. The lowest BCUT2D eigenvalue weighted by molar-refractivity contribution is -0.174. The molecule has 0 amide bonds. The summed E-state index contributed by atoms with van der Waals surface area (Å²) < 4.78 is 22.2. The minimum atomic E-state index is -1.50. The van der Waals surface area contributed by atoms with Crippen molar-refractivity contribution in [1.82, 2.24) is 0 Å². The lowest BCUT2D eigenvalue weighted by Gasteiger charge is -2.31. The minimum absolute atomic E-state index is 0.0974. The van der Waals surface area contributed by atoms with E-state index in [1.807, 2.05) is 24.3 Å². The molecule has 1 rings (SSSR count). The third-order valence-corrected chi connectivity index (χ3v) is 10.6. The van der Waals surface area contributed by atoms with Crippen LogP contribution in [0.5, 0.6) is 0 Å². The van der Waals surface area contributed by atoms with Crippen LogP contribution in [0, 0.1) is 10.8 Å². The first-order valence-electron chi connectivity index (χ1n) is 22.0. The summed E-state index contributed by atoms with van der Waals surface area (Å²) in [5.74, 6) is -2.28. The van der Waals surface area contributed by atoms with Crippen LogP contribution >= 0.6 is 0 Å². The quantitative estimate of drug-likeness (QED) is 0.0296. The number of hydrogen-bond acceptors (Lipinski definition) is 8. The largest absolute Gasteiger partial charge is 0.465 e. The van der Waals surface area contributed by atoms with Gasteiger partial charge in [-0.25, -0.2) is 0 Å². The summed E-state index contributed by atoms with van der Waals surface area (Å²) in [6.07, 6.45) is 23.6. The summed E-state index contributed by atoms with van der Waals surface area (Å²) in [4.78, 5) is 55.0. The average molecular weight is 759 g/mol. The lowest BCUT2D eigenvalue weighted by atomic mass is 9.75. The van der Waals surface area contributed by atoms with Crippen LogP contribution in [0.25, 0.3) is 0 Å². The lowest BCUT2D eigenvalue weighted by Crippen LogP contribution is -2.44. The highest BCUT2D eigenvalue weighted by atomic mass is 16.6. The average Bonchev–Trinajstić information content (AvgIpc) is 3.15. The molecule has 0 atom stereocenters. The summed E-state index contributed by atoms with van der Waals surface area (Å²) >= 11 is 0. The van der Waals surface area contributed by atoms with Gasteiger partial charge in [-0.05, 0) is 64.5 Å². The maximum absolute atomic E-state index is 13.7. The maximum atomic E-state index is 13.7. The molecule has 0 heterocycles. The Balaban J connectivity index is 3.25. The number of hydrogen-bond donors (Lipinski definition) is 0. The van der Waals surface area contributed by atoms with Crippen LogP contribution in [0.3, 0.4) is 0 Å². The Hall–Kier alpha value is -2.90. The molecule has 1 aromatic rings. The number of benzene rings is 1. The standard InChI is InChI=1S/C46H78O8/c1-7-13-15-17-19-21-23-25-27-29-34-45(41(47)51-9-3,42(48)52-10-4)37-39-32-31-33-40(36-39)38-46(43(49)53-11-5,44(50)54-12-6)35-30-28-26-24-22-20-18-16-14-8-2/h31-33,36H,7-30,34-35,37-38H2,1-6H3. The van der Waals surface area contributed by atoms with Crippen LogP contribution in [0.1, 0.15) is 194 Å². The third kappa shape index (κ3) is 18.2. The molecule has 0 bridgehead atoms. The molecule has 0 fully saturated rings. The molecule has 0 aliphatic carbocycles. The van der Waals surface area contributed by atoms with Crippen LogP contribution in [-0.4, -0.2) is 50.3 Å². The Labute approximate surface area is 329 Å². The summed E-state index contributed by atoms with van der Waals surface area (Å²) in [5, 5.41) is 0. The van der Waals surface area contributed by atoms with Crippen molar-refractivity contribution in [3.8, 4) is 0 Å². The molecular formula is C46H78O8. The maximum Gasteiger partial charge on any atom is 0.323 e. The molecule has 0 saturated heterocycles. The highest BCUT2D eigenvalue weighted by Gasteiger charge is 2.50. The van der Waals surface area contributed by atoms with E-state index in [0.29, 0.717) is 25.7 Å². The van der Waals surface area contributed by atoms with E-state index in [1.165, 1.54) is 77.0 Å². The minimum Gasteiger partial charge on any atom is -0.465 e. The molecule has 0 aliphatic heterocycles. The van der Waals surface area contributed by atoms with Crippen molar-refractivity contribution in [3.63, 3.8) is 0 Å². The second-order valence-electron chi connectivity index (χ2n) is 15.1. The molecule has 0 saturated carbocycles. The number of esters is 4. The molecule has 0 radical (unpaired) electrons. The number of unbranched alkanes of at least 4 members (excludes halogenated alkanes) is 18. The van der Waals surface area contributed by atoms with Gasteiger partial charge in [0, 0.05) is 0 Å². The smallest absolute Gasteiger partial charge is 0.323 e. The van der Waals surface area contributed by atoms with E-state index in [0.717, 1.165) is 49.7 Å². The Bertz CT molecular complexity index is 1040. The van der Waals surface area contributed by atoms with E-state index in [4.69, 9.17) is 18.9 Å². The van der Waals surface area contributed by atoms with Crippen LogP contribution in [-0.2, 0) is 51.0 Å². The predicted molar refractivity (Wildman–Crippen MR) is 218 cm³/mol. The highest BCUT2D eigenvalue weighted by Crippen LogP contribution is 2.37. The summed E-state index contributed by atoms with van der Waals surface area (Å²) in [6.45, 7) is 12.0. The summed E-state index contributed by atoms with van der Waals surface area (Å²) in [7, 11) is 0. The van der Waals surface area contributed by atoms with Gasteiger partial charge in [0.2, 0.25) is 0 Å². The molecule has 0 aliphatic rings. The van der Waals surface area contributed by atoms with Crippen molar-refractivity contribution >= 4 is 23.9 Å². The SMILES string of the molecule is CCCCCCCCCCCCC(Cc1cccc(CC(CCCCCCCCCCCC)(C(=O)OCC)C(=O)OCC)c1)(C(=O)OCC)C(=O)OCC. The van der Waals surface area contributed by atoms with E-state index in [1.54, 1.807) is 27.7 Å². The Kier molecular flexibility index (Phi) is 27.6. The molecule has 54 heavy (non-hydrogen) atoms. The fraction of sp³-hybridized carbons (Fsp3) is 0.783. The Morgan fingerprint density at radius 2 is 0.667 bits per heavy atom. The zero-order valence-electron chi connectivity index (χ0n) is 35.4.